The summed E-state index contributed by atoms with van der Waals surface area (Å²) in [6.45, 7) is 1.40. The smallest absolute Gasteiger partial charge is 0.247 e. The minimum absolute atomic E-state index is 0.0713. The molecular weight excluding hydrogens is 533 g/mol. The summed E-state index contributed by atoms with van der Waals surface area (Å²) in [6, 6.07) is 18.7. The minimum atomic E-state index is -0.855. The fourth-order valence-electron chi connectivity index (χ4n) is 4.09. The summed E-state index contributed by atoms with van der Waals surface area (Å²) in [5.74, 6) is -1.31. The van der Waals surface area contributed by atoms with Crippen LogP contribution in [0.1, 0.15) is 34.0 Å². The van der Waals surface area contributed by atoms with Crippen LogP contribution >= 0.6 is 11.6 Å². The summed E-state index contributed by atoms with van der Waals surface area (Å²) < 4.78 is 20.2. The number of anilines is 1. The molecule has 1 atom stereocenters. The van der Waals surface area contributed by atoms with E-state index in [0.29, 0.717) is 22.4 Å². The molecule has 1 amide bonds. The van der Waals surface area contributed by atoms with Crippen LogP contribution in [0.15, 0.2) is 84.8 Å². The van der Waals surface area contributed by atoms with Crippen molar-refractivity contribution in [3.8, 4) is 6.07 Å². The Morgan fingerprint density at radius 2 is 1.85 bits per heavy atom. The number of methoxy groups -OCH3 is 1. The quantitative estimate of drug-likeness (QED) is 0.105. The number of hydrogen-bond donors (Lipinski definition) is 1. The number of benzene rings is 3. The molecule has 40 heavy (non-hydrogen) atoms. The van der Waals surface area contributed by atoms with E-state index in [0.717, 1.165) is 11.6 Å². The SMILES string of the molecule is COC(=C/N(C)C(Cc1ccccc1)C(=O)Nc1ccc(C#N)cc1F)/C(=C\C=O)c1cc(Cl)ccc1C(C)=O. The Kier molecular flexibility index (Phi) is 10.3. The van der Waals surface area contributed by atoms with Gasteiger partial charge in [0.25, 0.3) is 0 Å². The van der Waals surface area contributed by atoms with Crippen LogP contribution in [0.25, 0.3) is 5.57 Å². The first-order valence-corrected chi connectivity index (χ1v) is 12.5. The maximum atomic E-state index is 14.6. The summed E-state index contributed by atoms with van der Waals surface area (Å²) in [6.07, 6.45) is 3.59. The molecule has 9 heteroatoms. The van der Waals surface area contributed by atoms with E-state index in [1.165, 1.54) is 38.4 Å². The number of carbonyl (C=O) groups is 3. The molecule has 0 radical (unpaired) electrons. The number of halogens is 2. The molecule has 1 unspecified atom stereocenters. The van der Waals surface area contributed by atoms with Gasteiger partial charge < -0.3 is 15.0 Å². The fourth-order valence-corrected chi connectivity index (χ4v) is 4.26. The van der Waals surface area contributed by atoms with Crippen LogP contribution in [0.2, 0.25) is 5.02 Å². The topological polar surface area (TPSA) is 99.5 Å². The first-order valence-electron chi connectivity index (χ1n) is 12.2. The van der Waals surface area contributed by atoms with Gasteiger partial charge in [-0.05, 0) is 60.5 Å². The third-order valence-corrected chi connectivity index (χ3v) is 6.35. The van der Waals surface area contributed by atoms with Gasteiger partial charge in [-0.15, -0.1) is 0 Å². The van der Waals surface area contributed by atoms with Crippen molar-refractivity contribution < 1.29 is 23.5 Å². The van der Waals surface area contributed by atoms with Crippen molar-refractivity contribution in [2.45, 2.75) is 19.4 Å². The summed E-state index contributed by atoms with van der Waals surface area (Å²) in [7, 11) is 3.04. The maximum absolute atomic E-state index is 14.6. The number of carbonyl (C=O) groups excluding carboxylic acids is 3. The number of Topliss-reactive ketones (excluding diaryl/α,β-unsaturated/α-hetero) is 1. The third-order valence-electron chi connectivity index (χ3n) is 6.11. The van der Waals surface area contributed by atoms with E-state index >= 15 is 0 Å². The highest BCUT2D eigenvalue weighted by Gasteiger charge is 2.25. The second-order valence-electron chi connectivity index (χ2n) is 8.83. The largest absolute Gasteiger partial charge is 0.495 e. The van der Waals surface area contributed by atoms with Crippen LogP contribution in [0.5, 0.6) is 0 Å². The van der Waals surface area contributed by atoms with Crippen molar-refractivity contribution in [1.82, 2.24) is 4.90 Å². The highest BCUT2D eigenvalue weighted by atomic mass is 35.5. The van der Waals surface area contributed by atoms with E-state index in [-0.39, 0.29) is 34.8 Å². The zero-order valence-corrected chi connectivity index (χ0v) is 22.9. The van der Waals surface area contributed by atoms with Crippen molar-refractivity contribution in [3.05, 3.63) is 118 Å². The van der Waals surface area contributed by atoms with Gasteiger partial charge in [0, 0.05) is 35.8 Å². The van der Waals surface area contributed by atoms with E-state index in [1.54, 1.807) is 30.1 Å². The Morgan fingerprint density at radius 1 is 1.12 bits per heavy atom. The number of ketones is 1. The van der Waals surface area contributed by atoms with Crippen LogP contribution < -0.4 is 5.32 Å². The lowest BCUT2D eigenvalue weighted by molar-refractivity contribution is -0.120. The van der Waals surface area contributed by atoms with Crippen LogP contribution in [0.4, 0.5) is 10.1 Å². The van der Waals surface area contributed by atoms with Crippen LogP contribution in [-0.2, 0) is 20.7 Å². The van der Waals surface area contributed by atoms with Crippen molar-refractivity contribution in [3.63, 3.8) is 0 Å². The van der Waals surface area contributed by atoms with Gasteiger partial charge in [-0.25, -0.2) is 4.39 Å². The van der Waals surface area contributed by atoms with E-state index < -0.39 is 17.8 Å². The zero-order chi connectivity index (χ0) is 29.2. The molecule has 3 aromatic carbocycles. The highest BCUT2D eigenvalue weighted by Crippen LogP contribution is 2.30. The Balaban J connectivity index is 2.05. The average Bonchev–Trinajstić information content (AvgIpc) is 2.94. The van der Waals surface area contributed by atoms with Gasteiger partial charge in [-0.1, -0.05) is 41.9 Å². The molecule has 0 fully saturated rings. The number of likely N-dealkylation sites (N-methyl/N-ethyl adjacent to an activating group) is 1. The summed E-state index contributed by atoms with van der Waals surface area (Å²) in [4.78, 5) is 39.0. The van der Waals surface area contributed by atoms with Crippen molar-refractivity contribution in [1.29, 1.82) is 5.26 Å². The molecule has 0 bridgehead atoms. The highest BCUT2D eigenvalue weighted by molar-refractivity contribution is 6.31. The Labute approximate surface area is 237 Å². The summed E-state index contributed by atoms with van der Waals surface area (Å²) in [5.41, 5.74) is 1.91. The van der Waals surface area contributed by atoms with E-state index in [9.17, 15) is 18.8 Å². The van der Waals surface area contributed by atoms with Crippen LogP contribution in [-0.4, -0.2) is 43.1 Å². The Morgan fingerprint density at radius 3 is 2.45 bits per heavy atom. The number of nitrogens with zero attached hydrogens (tertiary/aromatic N) is 2. The molecule has 1 N–H and O–H groups in total. The summed E-state index contributed by atoms with van der Waals surface area (Å²) in [5, 5.41) is 12.0. The molecule has 0 aliphatic rings. The molecule has 0 saturated carbocycles. The second kappa shape index (κ2) is 13.9. The molecular formula is C31H27ClFN3O4. The van der Waals surface area contributed by atoms with Gasteiger partial charge in [0.15, 0.2) is 5.78 Å². The predicted molar refractivity (Wildman–Crippen MR) is 152 cm³/mol. The summed E-state index contributed by atoms with van der Waals surface area (Å²) >= 11 is 6.21. The Bertz CT molecular complexity index is 1510. The number of nitrogens with one attached hydrogen (secondary N) is 1. The zero-order valence-electron chi connectivity index (χ0n) is 22.2. The first-order chi connectivity index (χ1) is 19.2. The Hall–Kier alpha value is -4.74. The van der Waals surface area contributed by atoms with Crippen molar-refractivity contribution in [2.24, 2.45) is 0 Å². The fraction of sp³-hybridized carbons (Fsp3) is 0.161. The number of hydrogen-bond acceptors (Lipinski definition) is 6. The van der Waals surface area contributed by atoms with Gasteiger partial charge >= 0.3 is 0 Å². The predicted octanol–water partition coefficient (Wildman–Crippen LogP) is 5.81. The minimum Gasteiger partial charge on any atom is -0.495 e. The molecule has 0 aliphatic carbocycles. The molecule has 0 saturated heterocycles. The lowest BCUT2D eigenvalue weighted by Gasteiger charge is -2.27. The maximum Gasteiger partial charge on any atom is 0.247 e. The van der Waals surface area contributed by atoms with Gasteiger partial charge in [-0.2, -0.15) is 5.26 Å². The van der Waals surface area contributed by atoms with Gasteiger partial charge in [0.1, 0.15) is 23.9 Å². The molecule has 7 nitrogen and oxygen atoms in total. The monoisotopic (exact) mass is 559 g/mol. The number of rotatable bonds is 11. The lowest BCUT2D eigenvalue weighted by Crippen LogP contribution is -2.41. The normalized spacial score (nSPS) is 12.2. The molecule has 0 heterocycles. The third kappa shape index (κ3) is 7.43. The van der Waals surface area contributed by atoms with E-state index in [1.807, 2.05) is 36.4 Å². The number of aldehydes is 1. The molecule has 0 spiro atoms. The standard InChI is InChI=1S/C31H27ClFN3O4/c1-20(38)24-11-10-23(32)17-26(24)25(13-14-37)30(40-3)19-36(2)29(16-21-7-5-4-6-8-21)31(39)35-28-12-9-22(18-34)15-27(28)33/h4-15,17,19,29H,16H2,1-3H3,(H,35,39)/b25-13-,30-19+. The first kappa shape index (κ1) is 29.8. The molecule has 3 aromatic rings. The second-order valence-corrected chi connectivity index (χ2v) is 9.26. The molecule has 204 valence electrons. The number of ether oxygens (including phenoxy) is 1. The average molecular weight is 560 g/mol. The van der Waals surface area contributed by atoms with Gasteiger partial charge in [-0.3, -0.25) is 14.4 Å². The van der Waals surface area contributed by atoms with Gasteiger partial charge in [0.05, 0.1) is 24.4 Å². The lowest BCUT2D eigenvalue weighted by atomic mass is 9.95. The van der Waals surface area contributed by atoms with Crippen molar-refractivity contribution in [2.75, 3.05) is 19.5 Å². The van der Waals surface area contributed by atoms with Gasteiger partial charge in [0.2, 0.25) is 5.91 Å². The number of allylic oxidation sites excluding steroid dienone is 2. The van der Waals surface area contributed by atoms with E-state index in [4.69, 9.17) is 21.6 Å². The molecule has 3 rings (SSSR count). The van der Waals surface area contributed by atoms with E-state index in [2.05, 4.69) is 5.32 Å². The van der Waals surface area contributed by atoms with Crippen LogP contribution in [0, 0.1) is 17.1 Å². The number of nitriles is 1. The molecule has 0 aliphatic heterocycles. The van der Waals surface area contributed by atoms with Crippen molar-refractivity contribution >= 4 is 40.8 Å². The number of amides is 1. The van der Waals surface area contributed by atoms with Crippen LogP contribution in [0.3, 0.4) is 0 Å². The molecule has 0 aromatic heterocycles.